The number of pyridine rings is 1. The Balaban J connectivity index is 0.00000126. The maximum Gasteiger partial charge on any atom is 0.136 e. The first kappa shape index (κ1) is 21.2. The van der Waals surface area contributed by atoms with Crippen molar-refractivity contribution in [2.75, 3.05) is 25.4 Å². The number of piperidine rings is 1. The Morgan fingerprint density at radius 1 is 1.22 bits per heavy atom. The van der Waals surface area contributed by atoms with Crippen molar-refractivity contribution < 1.29 is 4.74 Å². The Morgan fingerprint density at radius 3 is 2.48 bits per heavy atom. The summed E-state index contributed by atoms with van der Waals surface area (Å²) >= 11 is 3.03. The number of thiol groups is 1. The molecule has 0 radical (unpaired) electrons. The predicted octanol–water partition coefficient (Wildman–Crippen LogP) is 2.95. The van der Waals surface area contributed by atoms with Crippen molar-refractivity contribution in [3.8, 4) is 5.75 Å². The lowest BCUT2D eigenvalue weighted by Gasteiger charge is -2.34. The molecule has 7 heteroatoms. The second-order valence-electron chi connectivity index (χ2n) is 7.16. The van der Waals surface area contributed by atoms with E-state index in [2.05, 4.69) is 35.2 Å². The first-order valence-corrected chi connectivity index (χ1v) is 9.50. The number of nitrogens with one attached hydrogen (secondary N) is 2. The van der Waals surface area contributed by atoms with Crippen molar-refractivity contribution >= 4 is 24.3 Å². The Labute approximate surface area is 166 Å². The van der Waals surface area contributed by atoms with Crippen molar-refractivity contribution in [2.24, 2.45) is 10.6 Å². The minimum Gasteiger partial charge on any atom is -0.492 e. The largest absolute Gasteiger partial charge is 0.492 e. The highest BCUT2D eigenvalue weighted by molar-refractivity contribution is 7.77. The van der Waals surface area contributed by atoms with Gasteiger partial charge in [-0.25, -0.2) is 4.98 Å². The molecule has 0 amide bonds. The molecule has 0 atom stereocenters. The first-order chi connectivity index (χ1) is 13.0. The smallest absolute Gasteiger partial charge is 0.136 e. The van der Waals surface area contributed by atoms with Gasteiger partial charge in [0.05, 0.1) is 17.9 Å². The van der Waals surface area contributed by atoms with Gasteiger partial charge in [-0.2, -0.15) is 0 Å². The first-order valence-electron chi connectivity index (χ1n) is 8.98. The van der Waals surface area contributed by atoms with Gasteiger partial charge in [0.1, 0.15) is 11.6 Å². The summed E-state index contributed by atoms with van der Waals surface area (Å²) in [6, 6.07) is 9.66. The minimum atomic E-state index is 0.145. The average Bonchev–Trinajstić information content (AvgIpc) is 2.69. The Bertz CT molecular complexity index is 757. The van der Waals surface area contributed by atoms with Gasteiger partial charge in [-0.1, -0.05) is 36.8 Å². The summed E-state index contributed by atoms with van der Waals surface area (Å²) in [6.45, 7) is 6.94. The van der Waals surface area contributed by atoms with E-state index >= 15 is 0 Å². The molecule has 1 aliphatic rings. The topological polar surface area (TPSA) is 110 Å². The molecule has 1 aliphatic heterocycles. The van der Waals surface area contributed by atoms with E-state index in [0.29, 0.717) is 29.4 Å². The molecule has 0 bridgehead atoms. The Kier molecular flexibility index (Phi) is 7.65. The van der Waals surface area contributed by atoms with Crippen LogP contribution >= 0.6 is 12.8 Å². The van der Waals surface area contributed by atoms with Crippen LogP contribution in [-0.4, -0.2) is 30.4 Å². The second-order valence-corrected chi connectivity index (χ2v) is 7.16. The summed E-state index contributed by atoms with van der Waals surface area (Å²) in [5.74, 6) is 0.969. The molecular formula is C20H29N5OS. The Hall–Kier alpha value is -2.09. The van der Waals surface area contributed by atoms with Crippen LogP contribution in [0, 0.1) is 17.7 Å². The zero-order chi connectivity index (χ0) is 19.9. The number of hydrogen-bond acceptors (Lipinski definition) is 7. The van der Waals surface area contributed by atoms with Gasteiger partial charge in [-0.15, -0.1) is 12.8 Å². The van der Waals surface area contributed by atoms with Gasteiger partial charge < -0.3 is 15.8 Å². The van der Waals surface area contributed by atoms with Gasteiger partial charge in [0, 0.05) is 17.2 Å². The number of hydrogen-bond donors (Lipinski definition) is 5. The van der Waals surface area contributed by atoms with Crippen LogP contribution in [0.3, 0.4) is 0 Å². The summed E-state index contributed by atoms with van der Waals surface area (Å²) in [5.41, 5.74) is 9.12. The SMILES string of the molecule is Cc1ccc(C(=N)c2c(OCC3(C)CCNCC3)ccnc2N)cc1.NS. The van der Waals surface area contributed by atoms with Crippen LogP contribution in [0.4, 0.5) is 5.82 Å². The normalized spacial score (nSPS) is 15.4. The van der Waals surface area contributed by atoms with Crippen LogP contribution in [0.1, 0.15) is 36.5 Å². The monoisotopic (exact) mass is 387 g/mol. The molecule has 6 nitrogen and oxygen atoms in total. The van der Waals surface area contributed by atoms with Crippen LogP contribution < -0.4 is 20.9 Å². The van der Waals surface area contributed by atoms with E-state index in [9.17, 15) is 0 Å². The van der Waals surface area contributed by atoms with Crippen LogP contribution in [-0.2, 0) is 0 Å². The van der Waals surface area contributed by atoms with Crippen LogP contribution in [0.2, 0.25) is 0 Å². The number of aromatic nitrogens is 1. The number of rotatable bonds is 5. The molecule has 146 valence electrons. The van der Waals surface area contributed by atoms with Crippen LogP contribution in [0.5, 0.6) is 5.75 Å². The average molecular weight is 388 g/mol. The van der Waals surface area contributed by atoms with Crippen molar-refractivity contribution in [3.63, 3.8) is 0 Å². The lowest BCUT2D eigenvalue weighted by atomic mass is 9.82. The summed E-state index contributed by atoms with van der Waals surface area (Å²) in [7, 11) is 0. The van der Waals surface area contributed by atoms with Crippen molar-refractivity contribution in [3.05, 3.63) is 53.2 Å². The maximum atomic E-state index is 8.58. The van der Waals surface area contributed by atoms with E-state index in [4.69, 9.17) is 15.9 Å². The van der Waals surface area contributed by atoms with E-state index in [-0.39, 0.29) is 5.41 Å². The molecule has 0 saturated carbocycles. The zero-order valence-corrected chi connectivity index (χ0v) is 16.9. The molecule has 2 aromatic rings. The van der Waals surface area contributed by atoms with Gasteiger partial charge >= 0.3 is 0 Å². The fourth-order valence-electron chi connectivity index (χ4n) is 3.12. The molecule has 1 saturated heterocycles. The quantitative estimate of drug-likeness (QED) is 0.400. The van der Waals surface area contributed by atoms with E-state index in [1.807, 2.05) is 31.2 Å². The molecule has 27 heavy (non-hydrogen) atoms. The number of aryl methyl sites for hydroxylation is 1. The van der Waals surface area contributed by atoms with Crippen molar-refractivity contribution in [2.45, 2.75) is 26.7 Å². The minimum absolute atomic E-state index is 0.145. The number of benzene rings is 1. The van der Waals surface area contributed by atoms with Crippen LogP contribution in [0.25, 0.3) is 0 Å². The van der Waals surface area contributed by atoms with E-state index < -0.39 is 0 Å². The zero-order valence-electron chi connectivity index (χ0n) is 16.0. The van der Waals surface area contributed by atoms with Crippen molar-refractivity contribution in [1.82, 2.24) is 10.3 Å². The highest BCUT2D eigenvalue weighted by atomic mass is 32.1. The van der Waals surface area contributed by atoms with Gasteiger partial charge in [-0.05, 0) is 38.9 Å². The molecule has 2 heterocycles. The number of nitrogen functional groups attached to an aromatic ring is 1. The second kappa shape index (κ2) is 9.73. The number of ether oxygens (including phenoxy) is 1. The van der Waals surface area contributed by atoms with Gasteiger partial charge in [0.2, 0.25) is 0 Å². The summed E-state index contributed by atoms with van der Waals surface area (Å²) < 4.78 is 6.14. The molecule has 1 aromatic carbocycles. The summed E-state index contributed by atoms with van der Waals surface area (Å²) in [6.07, 6.45) is 3.80. The molecule has 0 aliphatic carbocycles. The third-order valence-corrected chi connectivity index (χ3v) is 4.92. The van der Waals surface area contributed by atoms with Crippen molar-refractivity contribution in [1.29, 1.82) is 5.41 Å². The molecule has 6 N–H and O–H groups in total. The third-order valence-electron chi connectivity index (χ3n) is 4.92. The maximum absolute atomic E-state index is 8.58. The third kappa shape index (κ3) is 5.45. The molecule has 1 fully saturated rings. The molecule has 0 spiro atoms. The number of anilines is 1. The fraction of sp³-hybridized carbons (Fsp3) is 0.400. The van der Waals surface area contributed by atoms with Crippen LogP contribution in [0.15, 0.2) is 36.5 Å². The predicted molar refractivity (Wildman–Crippen MR) is 115 cm³/mol. The fourth-order valence-corrected chi connectivity index (χ4v) is 3.12. The van der Waals surface area contributed by atoms with Gasteiger partial charge in [-0.3, -0.25) is 10.5 Å². The lowest BCUT2D eigenvalue weighted by Crippen LogP contribution is -2.38. The molecular weight excluding hydrogens is 358 g/mol. The molecule has 1 aromatic heterocycles. The molecule has 0 unspecified atom stereocenters. The van der Waals surface area contributed by atoms with Gasteiger partial charge in [0.15, 0.2) is 0 Å². The summed E-state index contributed by atoms with van der Waals surface area (Å²) in [4.78, 5) is 4.16. The van der Waals surface area contributed by atoms with E-state index in [1.165, 1.54) is 0 Å². The summed E-state index contributed by atoms with van der Waals surface area (Å²) in [5, 5.41) is 16.2. The number of nitrogens with zero attached hydrogens (tertiary/aromatic N) is 1. The van der Waals surface area contributed by atoms with Gasteiger partial charge in [0.25, 0.3) is 0 Å². The standard InChI is InChI=1S/C20H26N4O.H3NS/c1-14-3-5-15(6-4-14)18(21)17-16(7-10-24-19(17)22)25-13-20(2)8-11-23-12-9-20;1-2/h3-7,10,21,23H,8-9,11-13H2,1-2H3,(H2,22,24);2H,1H2. The van der Waals surface area contributed by atoms with E-state index in [0.717, 1.165) is 37.1 Å². The Morgan fingerprint density at radius 2 is 1.85 bits per heavy atom. The number of nitrogens with two attached hydrogens (primary N) is 2. The van der Waals surface area contributed by atoms with E-state index in [1.54, 1.807) is 12.3 Å². The lowest BCUT2D eigenvalue weighted by molar-refractivity contribution is 0.123. The highest BCUT2D eigenvalue weighted by Gasteiger charge is 2.28. The highest BCUT2D eigenvalue weighted by Crippen LogP contribution is 2.31. The molecule has 3 rings (SSSR count).